The van der Waals surface area contributed by atoms with E-state index in [9.17, 15) is 9.59 Å². The van der Waals surface area contributed by atoms with Crippen molar-refractivity contribution in [3.8, 4) is 0 Å². The monoisotopic (exact) mass is 441 g/mol. The molecule has 0 saturated carbocycles. The van der Waals surface area contributed by atoms with Crippen molar-refractivity contribution in [1.82, 2.24) is 33.9 Å². The lowest BCUT2D eigenvalue weighted by atomic mass is 10.1. The van der Waals surface area contributed by atoms with Gasteiger partial charge in [0, 0.05) is 26.1 Å². The number of fused-ring (bicyclic) bond motifs is 1. The maximum absolute atomic E-state index is 13.0. The van der Waals surface area contributed by atoms with Gasteiger partial charge in [-0.1, -0.05) is 43.7 Å². The van der Waals surface area contributed by atoms with Gasteiger partial charge < -0.3 is 4.98 Å². The molecule has 0 aliphatic heterocycles. The molecule has 3 heterocycles. The summed E-state index contributed by atoms with van der Waals surface area (Å²) in [5.41, 5.74) is 0.942. The molecule has 0 saturated heterocycles. The highest BCUT2D eigenvalue weighted by atomic mass is 35.5. The summed E-state index contributed by atoms with van der Waals surface area (Å²) in [7, 11) is 0. The third-order valence-corrected chi connectivity index (χ3v) is 5.30. The lowest BCUT2D eigenvalue weighted by Crippen LogP contribution is -2.40. The molecule has 1 aromatic carbocycles. The van der Waals surface area contributed by atoms with Gasteiger partial charge in [0.15, 0.2) is 17.0 Å². The molecule has 9 nitrogen and oxygen atoms in total. The van der Waals surface area contributed by atoms with E-state index in [2.05, 4.69) is 20.1 Å². The number of halogens is 1. The average molecular weight is 442 g/mol. The van der Waals surface area contributed by atoms with Crippen molar-refractivity contribution < 1.29 is 0 Å². The number of H-pyrrole nitrogens is 1. The summed E-state index contributed by atoms with van der Waals surface area (Å²) < 4.78 is 4.51. The molecule has 0 bridgehead atoms. The van der Waals surface area contributed by atoms with E-state index in [1.165, 1.54) is 9.13 Å². The molecule has 0 unspecified atom stereocenters. The molecule has 1 N–H and O–H groups in total. The number of aromatic nitrogens is 7. The summed E-state index contributed by atoms with van der Waals surface area (Å²) in [5, 5.41) is 4.59. The van der Waals surface area contributed by atoms with Gasteiger partial charge in [0.05, 0.1) is 0 Å². The summed E-state index contributed by atoms with van der Waals surface area (Å²) in [5.74, 6) is 0.735. The molecule has 162 valence electrons. The van der Waals surface area contributed by atoms with Crippen LogP contribution in [0.15, 0.2) is 46.2 Å². The van der Waals surface area contributed by atoms with E-state index in [1.54, 1.807) is 11.0 Å². The Morgan fingerprint density at radius 1 is 1.03 bits per heavy atom. The van der Waals surface area contributed by atoms with Crippen LogP contribution in [-0.4, -0.2) is 33.9 Å². The largest absolute Gasteiger partial charge is 0.332 e. The van der Waals surface area contributed by atoms with Crippen molar-refractivity contribution in [2.24, 2.45) is 0 Å². The normalized spacial score (nSPS) is 11.4. The Bertz CT molecular complexity index is 1290. The Morgan fingerprint density at radius 2 is 1.81 bits per heavy atom. The van der Waals surface area contributed by atoms with E-state index in [1.807, 2.05) is 37.3 Å². The van der Waals surface area contributed by atoms with E-state index in [-0.39, 0.29) is 23.0 Å². The molecule has 0 fully saturated rings. The Labute approximate surface area is 183 Å². The van der Waals surface area contributed by atoms with Crippen LogP contribution in [-0.2, 0) is 26.1 Å². The summed E-state index contributed by atoms with van der Waals surface area (Å²) in [4.78, 5) is 37.0. The summed E-state index contributed by atoms with van der Waals surface area (Å²) in [6.45, 7) is 3.34. The second-order valence-electron chi connectivity index (χ2n) is 7.41. The van der Waals surface area contributed by atoms with Crippen molar-refractivity contribution in [3.05, 3.63) is 74.2 Å². The number of aryl methyl sites for hydroxylation is 2. The summed E-state index contributed by atoms with van der Waals surface area (Å²) in [6, 6.07) is 10.0. The molecule has 4 rings (SSSR count). The predicted octanol–water partition coefficient (Wildman–Crippen LogP) is 2.61. The number of nitrogens with one attached hydrogen (secondary N) is 1. The molecule has 10 heteroatoms. The zero-order valence-electron chi connectivity index (χ0n) is 17.3. The lowest BCUT2D eigenvalue weighted by molar-refractivity contribution is 0.487. The highest BCUT2D eigenvalue weighted by Gasteiger charge is 2.16. The number of imidazole rings is 1. The molecule has 0 spiro atoms. The maximum atomic E-state index is 13.0. The fourth-order valence-electron chi connectivity index (χ4n) is 3.54. The smallest absolute Gasteiger partial charge is 0.323 e. The number of hydrogen-bond acceptors (Lipinski definition) is 5. The van der Waals surface area contributed by atoms with Crippen molar-refractivity contribution in [3.63, 3.8) is 0 Å². The summed E-state index contributed by atoms with van der Waals surface area (Å²) >= 11 is 5.96. The molecule has 0 aliphatic carbocycles. The zero-order chi connectivity index (χ0) is 21.8. The van der Waals surface area contributed by atoms with E-state index in [0.29, 0.717) is 31.6 Å². The quantitative estimate of drug-likeness (QED) is 0.402. The van der Waals surface area contributed by atoms with E-state index in [4.69, 9.17) is 11.6 Å². The van der Waals surface area contributed by atoms with Gasteiger partial charge in [-0.3, -0.25) is 18.6 Å². The van der Waals surface area contributed by atoms with Gasteiger partial charge in [-0.25, -0.2) is 9.78 Å². The first-order chi connectivity index (χ1) is 15.1. The van der Waals surface area contributed by atoms with Crippen LogP contribution in [0.3, 0.4) is 0 Å². The van der Waals surface area contributed by atoms with E-state index >= 15 is 0 Å². The fourth-order valence-corrected chi connectivity index (χ4v) is 3.72. The Kier molecular flexibility index (Phi) is 6.31. The number of rotatable bonds is 9. The first kappa shape index (κ1) is 21.0. The first-order valence-corrected chi connectivity index (χ1v) is 10.8. The van der Waals surface area contributed by atoms with Crippen LogP contribution >= 0.6 is 11.6 Å². The van der Waals surface area contributed by atoms with Crippen molar-refractivity contribution >= 4 is 22.8 Å². The minimum absolute atomic E-state index is 0.100. The zero-order valence-corrected chi connectivity index (χ0v) is 18.0. The number of hydrogen-bond donors (Lipinski definition) is 1. The molecular formula is C21H24ClN7O2. The van der Waals surface area contributed by atoms with Crippen molar-refractivity contribution in [2.75, 3.05) is 0 Å². The summed E-state index contributed by atoms with van der Waals surface area (Å²) in [6.07, 6.45) is 4.62. The molecule has 0 amide bonds. The average Bonchev–Trinajstić information content (AvgIpc) is 3.37. The van der Waals surface area contributed by atoms with Crippen LogP contribution in [0.25, 0.3) is 11.2 Å². The molecule has 31 heavy (non-hydrogen) atoms. The lowest BCUT2D eigenvalue weighted by Gasteiger charge is -2.11. The van der Waals surface area contributed by atoms with Gasteiger partial charge in [0.1, 0.15) is 6.33 Å². The van der Waals surface area contributed by atoms with Crippen LogP contribution in [0, 0.1) is 0 Å². The topological polar surface area (TPSA) is 103 Å². The van der Waals surface area contributed by atoms with Gasteiger partial charge in [-0.05, 0) is 30.0 Å². The standard InChI is InChI=1S/C21H24ClN7O2/c1-2-3-11-28-18-17(24-20(22)25-18)19(30)29(21(28)31)12-7-10-27-14-23-16(26-27)13-15-8-5-4-6-9-15/h4-6,8-9,14H,2-3,7,10-13H2,1H3,(H,24,25). The molecule has 4 aromatic rings. The second-order valence-corrected chi connectivity index (χ2v) is 7.77. The van der Waals surface area contributed by atoms with Gasteiger partial charge in [-0.2, -0.15) is 10.1 Å². The molecule has 0 radical (unpaired) electrons. The fraction of sp³-hybridized carbons (Fsp3) is 0.381. The Morgan fingerprint density at radius 3 is 2.58 bits per heavy atom. The molecular weight excluding hydrogens is 418 g/mol. The second kappa shape index (κ2) is 9.30. The molecule has 0 aliphatic rings. The number of benzene rings is 1. The Hall–Kier alpha value is -3.20. The number of nitrogens with zero attached hydrogens (tertiary/aromatic N) is 6. The third-order valence-electron chi connectivity index (χ3n) is 5.13. The number of aromatic amines is 1. The van der Waals surface area contributed by atoms with Crippen LogP contribution in [0.4, 0.5) is 0 Å². The van der Waals surface area contributed by atoms with Crippen LogP contribution in [0.5, 0.6) is 0 Å². The maximum Gasteiger partial charge on any atom is 0.332 e. The number of unbranched alkanes of at least 4 members (excludes halogenated alkanes) is 1. The van der Waals surface area contributed by atoms with Gasteiger partial charge in [0.25, 0.3) is 5.56 Å². The minimum atomic E-state index is -0.407. The van der Waals surface area contributed by atoms with Crippen LogP contribution < -0.4 is 11.2 Å². The highest BCUT2D eigenvalue weighted by Crippen LogP contribution is 2.10. The highest BCUT2D eigenvalue weighted by molar-refractivity contribution is 6.28. The molecule has 0 atom stereocenters. The Balaban J connectivity index is 1.49. The van der Waals surface area contributed by atoms with Crippen molar-refractivity contribution in [1.29, 1.82) is 0 Å². The van der Waals surface area contributed by atoms with E-state index in [0.717, 1.165) is 24.2 Å². The van der Waals surface area contributed by atoms with Crippen LogP contribution in [0.1, 0.15) is 37.6 Å². The third kappa shape index (κ3) is 4.61. The van der Waals surface area contributed by atoms with Gasteiger partial charge >= 0.3 is 5.69 Å². The van der Waals surface area contributed by atoms with Gasteiger partial charge in [0.2, 0.25) is 5.28 Å². The first-order valence-electron chi connectivity index (χ1n) is 10.4. The predicted molar refractivity (Wildman–Crippen MR) is 118 cm³/mol. The van der Waals surface area contributed by atoms with Crippen LogP contribution in [0.2, 0.25) is 5.28 Å². The van der Waals surface area contributed by atoms with E-state index < -0.39 is 5.56 Å². The molecule has 3 aromatic heterocycles. The van der Waals surface area contributed by atoms with Crippen molar-refractivity contribution in [2.45, 2.75) is 52.2 Å². The SMILES string of the molecule is CCCCn1c(=O)n(CCCn2cnc(Cc3ccccc3)n2)c(=O)c2[nH]c(Cl)nc21. The minimum Gasteiger partial charge on any atom is -0.323 e. The van der Waals surface area contributed by atoms with Gasteiger partial charge in [-0.15, -0.1) is 0 Å².